The molecule has 0 heterocycles. The van der Waals surface area contributed by atoms with Crippen molar-refractivity contribution < 1.29 is 8.60 Å². The molecule has 0 rings (SSSR count). The molecule has 0 aliphatic rings. The Labute approximate surface area is 40.0 Å². The molecule has 1 atom stereocenters. The predicted octanol–water partition coefficient (Wildman–Crippen LogP) is 0.772. The van der Waals surface area contributed by atoms with Crippen LogP contribution < -0.4 is 0 Å². The minimum Gasteiger partial charge on any atom is -0.245 e. The molecule has 0 aromatic rings. The summed E-state index contributed by atoms with van der Waals surface area (Å²) >= 11 is 0.300. The summed E-state index contributed by atoms with van der Waals surface area (Å²) < 4.78 is 20.7. The van der Waals surface area contributed by atoms with E-state index in [1.54, 1.807) is 6.92 Å². The molecule has 0 unspecified atom stereocenters. The Hall–Kier alpha value is -0.0500. The fraction of sp³-hybridized carbons (Fsp3) is 1.00. The fourth-order valence-electron chi connectivity index (χ4n) is 0.0257. The summed E-state index contributed by atoms with van der Waals surface area (Å²) in [7, 11) is 0. The van der Waals surface area contributed by atoms with Crippen LogP contribution in [0.3, 0.4) is 0 Å². The highest BCUT2D eigenvalue weighted by Gasteiger charge is 2.11. The Balaban J connectivity index is 2.96. The van der Waals surface area contributed by atoms with Crippen LogP contribution in [0.5, 0.6) is 0 Å². The van der Waals surface area contributed by atoms with Gasteiger partial charge in [-0.3, -0.25) is 0 Å². The molecule has 0 saturated carbocycles. The van der Waals surface area contributed by atoms with E-state index in [1.807, 2.05) is 0 Å². The highest BCUT2D eigenvalue weighted by atomic mass is 32.1. The first-order valence-electron chi connectivity index (χ1n) is 1.66. The van der Waals surface area contributed by atoms with Crippen molar-refractivity contribution in [3.8, 4) is 0 Å². The van der Waals surface area contributed by atoms with E-state index in [0.717, 1.165) is 0 Å². The van der Waals surface area contributed by atoms with E-state index >= 15 is 0 Å². The van der Waals surface area contributed by atoms with E-state index in [9.17, 15) is 8.60 Å². The average molecular weight is 109 g/mol. The molecule has 0 fully saturated rings. The lowest BCUT2D eigenvalue weighted by Crippen LogP contribution is -1.99. The highest BCUT2D eigenvalue weighted by molar-refractivity contribution is 7.66. The zero-order valence-corrected chi connectivity index (χ0v) is 4.30. The van der Waals surface area contributed by atoms with E-state index in [4.69, 9.17) is 0 Å². The molecule has 0 aromatic carbocycles. The van der Waals surface area contributed by atoms with Gasteiger partial charge in [0.1, 0.15) is 0 Å². The van der Waals surface area contributed by atoms with Crippen LogP contribution in [0.2, 0.25) is 0 Å². The first kappa shape index (κ1) is 5.95. The molecule has 0 spiro atoms. The first-order valence-corrected chi connectivity index (χ1v) is 2.46. The summed E-state index contributed by atoms with van der Waals surface area (Å²) in [5.74, 6) is 0. The van der Waals surface area contributed by atoms with Gasteiger partial charge in [0.15, 0.2) is 6.67 Å². The molecule has 3 heteroatoms. The van der Waals surface area contributed by atoms with Crippen molar-refractivity contribution in [3.63, 3.8) is 0 Å². The van der Waals surface area contributed by atoms with Crippen molar-refractivity contribution in [1.29, 1.82) is 0 Å². The quantitative estimate of drug-likeness (QED) is 0.479. The molecule has 0 N–H and O–H groups in total. The average Bonchev–Trinajstić information content (AvgIpc) is 1.65. The third-order valence-electron chi connectivity index (χ3n) is 0.382. The van der Waals surface area contributed by atoms with Crippen LogP contribution >= 0.6 is 0 Å². The summed E-state index contributed by atoms with van der Waals surface area (Å²) in [5, 5.41) is -0.370. The summed E-state index contributed by atoms with van der Waals surface area (Å²) in [6, 6.07) is 0. The third-order valence-corrected chi connectivity index (χ3v) is 0.836. The maximum Gasteiger partial charge on any atom is 0.464 e. The molecular formula is C3H6FOS+. The van der Waals surface area contributed by atoms with Crippen LogP contribution in [0.4, 0.5) is 4.39 Å². The van der Waals surface area contributed by atoms with E-state index < -0.39 is 6.67 Å². The lowest BCUT2D eigenvalue weighted by molar-refractivity contribution is 0.487. The van der Waals surface area contributed by atoms with Gasteiger partial charge in [0, 0.05) is 4.21 Å². The molecule has 36 valence electrons. The zero-order chi connectivity index (χ0) is 4.99. The van der Waals surface area contributed by atoms with Crippen molar-refractivity contribution >= 4 is 11.7 Å². The molecule has 1 nitrogen and oxygen atoms in total. The van der Waals surface area contributed by atoms with Crippen LogP contribution in [-0.2, 0) is 15.9 Å². The van der Waals surface area contributed by atoms with Crippen LogP contribution in [0, 0.1) is 0 Å². The smallest absolute Gasteiger partial charge is 0.245 e. The maximum absolute atomic E-state index is 11.2. The van der Waals surface area contributed by atoms with Crippen LogP contribution in [0.15, 0.2) is 0 Å². The molecule has 0 aliphatic heterocycles. The Morgan fingerprint density at radius 2 is 2.50 bits per heavy atom. The number of hydrogen-bond acceptors (Lipinski definition) is 1. The topological polar surface area (TPSA) is 17.1 Å². The number of halogens is 1. The SMILES string of the molecule is C[C@@H](CF)[S+]=O. The molecule has 0 bridgehead atoms. The van der Waals surface area contributed by atoms with E-state index in [1.165, 1.54) is 0 Å². The second kappa shape index (κ2) is 3.15. The predicted molar refractivity (Wildman–Crippen MR) is 23.5 cm³/mol. The van der Waals surface area contributed by atoms with Crippen molar-refractivity contribution in [3.05, 3.63) is 0 Å². The minimum atomic E-state index is -0.520. The van der Waals surface area contributed by atoms with E-state index in [2.05, 4.69) is 0 Å². The van der Waals surface area contributed by atoms with Gasteiger partial charge in [-0.1, -0.05) is 0 Å². The second-order valence-electron chi connectivity index (χ2n) is 1.06. The summed E-state index contributed by atoms with van der Waals surface area (Å²) in [5.41, 5.74) is 0. The number of rotatable bonds is 2. The molecule has 0 aliphatic carbocycles. The van der Waals surface area contributed by atoms with Gasteiger partial charge in [0.05, 0.1) is 0 Å². The number of hydrogen-bond donors (Lipinski definition) is 0. The lowest BCUT2D eigenvalue weighted by Gasteiger charge is -1.71. The molecule has 0 radical (unpaired) electrons. The molecule has 0 aromatic heterocycles. The standard InChI is InChI=1S/C3H6FOS/c1-3(2-4)6-5/h3H,2H2,1H3/q+1/t3-/m0/s1. The van der Waals surface area contributed by atoms with Crippen LogP contribution in [-0.4, -0.2) is 11.9 Å². The highest BCUT2D eigenvalue weighted by Crippen LogP contribution is 1.81. The summed E-state index contributed by atoms with van der Waals surface area (Å²) in [6.07, 6.45) is 0. The summed E-state index contributed by atoms with van der Waals surface area (Å²) in [6.45, 7) is 1.03. The number of alkyl halides is 1. The second-order valence-corrected chi connectivity index (χ2v) is 2.06. The Morgan fingerprint density at radius 3 is 2.50 bits per heavy atom. The fourth-order valence-corrected chi connectivity index (χ4v) is 0.0772. The zero-order valence-electron chi connectivity index (χ0n) is 3.48. The van der Waals surface area contributed by atoms with E-state index in [0.29, 0.717) is 11.7 Å². The maximum atomic E-state index is 11.2. The monoisotopic (exact) mass is 109 g/mol. The molecular weight excluding hydrogens is 103 g/mol. The van der Waals surface area contributed by atoms with Gasteiger partial charge in [-0.2, -0.15) is 0 Å². The molecule has 0 amide bonds. The normalized spacial score (nSPS) is 13.7. The van der Waals surface area contributed by atoms with E-state index in [-0.39, 0.29) is 5.25 Å². The first-order chi connectivity index (χ1) is 2.81. The van der Waals surface area contributed by atoms with Crippen molar-refractivity contribution in [1.82, 2.24) is 0 Å². The van der Waals surface area contributed by atoms with Crippen LogP contribution in [0.25, 0.3) is 0 Å². The van der Waals surface area contributed by atoms with Gasteiger partial charge in [-0.05, 0) is 6.92 Å². The lowest BCUT2D eigenvalue weighted by atomic mass is 10.5. The van der Waals surface area contributed by atoms with Crippen LogP contribution in [0.1, 0.15) is 6.92 Å². The minimum absolute atomic E-state index is 0.300. The van der Waals surface area contributed by atoms with Gasteiger partial charge in [0.25, 0.3) is 5.25 Å². The molecule has 6 heavy (non-hydrogen) atoms. The third kappa shape index (κ3) is 2.20. The van der Waals surface area contributed by atoms with Gasteiger partial charge in [0.2, 0.25) is 0 Å². The molecule has 0 saturated heterocycles. The summed E-state index contributed by atoms with van der Waals surface area (Å²) in [4.78, 5) is 0. The largest absolute Gasteiger partial charge is 0.464 e. The van der Waals surface area contributed by atoms with Crippen molar-refractivity contribution in [2.75, 3.05) is 6.67 Å². The van der Waals surface area contributed by atoms with Gasteiger partial charge in [-0.25, -0.2) is 4.39 Å². The van der Waals surface area contributed by atoms with Crippen molar-refractivity contribution in [2.24, 2.45) is 0 Å². The van der Waals surface area contributed by atoms with Gasteiger partial charge in [-0.15, -0.1) is 0 Å². The Bertz CT molecular complexity index is 48.1. The Morgan fingerprint density at radius 1 is 2.00 bits per heavy atom. The van der Waals surface area contributed by atoms with Gasteiger partial charge >= 0.3 is 11.7 Å². The van der Waals surface area contributed by atoms with Gasteiger partial charge < -0.3 is 0 Å². The van der Waals surface area contributed by atoms with Crippen molar-refractivity contribution in [2.45, 2.75) is 12.2 Å². The Kier molecular flexibility index (Phi) is 3.13.